The maximum Gasteiger partial charge on any atom is 0.220 e. The quantitative estimate of drug-likeness (QED) is 0.834. The van der Waals surface area contributed by atoms with Crippen molar-refractivity contribution in [2.75, 3.05) is 13.2 Å². The Morgan fingerprint density at radius 2 is 2.00 bits per heavy atom. The zero-order valence-corrected chi connectivity index (χ0v) is 14.2. The second kappa shape index (κ2) is 7.88. The van der Waals surface area contributed by atoms with Crippen LogP contribution in [0.5, 0.6) is 11.5 Å². The van der Waals surface area contributed by atoms with Crippen LogP contribution in [0.25, 0.3) is 0 Å². The van der Waals surface area contributed by atoms with Gasteiger partial charge in [0.15, 0.2) is 11.5 Å². The van der Waals surface area contributed by atoms with Gasteiger partial charge in [0.2, 0.25) is 5.91 Å². The second-order valence-corrected chi connectivity index (χ2v) is 6.30. The molecule has 3 N–H and O–H groups in total. The van der Waals surface area contributed by atoms with Crippen molar-refractivity contribution in [1.82, 2.24) is 5.32 Å². The zero-order valence-electron chi connectivity index (χ0n) is 13.4. The van der Waals surface area contributed by atoms with Crippen LogP contribution in [-0.4, -0.2) is 25.2 Å². The molecule has 1 saturated carbocycles. The molecule has 2 atom stereocenters. The molecule has 0 spiro atoms. The van der Waals surface area contributed by atoms with E-state index >= 15 is 0 Å². The Hall–Kier alpha value is -1.46. The van der Waals surface area contributed by atoms with Crippen molar-refractivity contribution in [3.8, 4) is 11.5 Å². The summed E-state index contributed by atoms with van der Waals surface area (Å²) in [6.07, 6.45) is 3.51. The van der Waals surface area contributed by atoms with E-state index in [9.17, 15) is 4.79 Å². The van der Waals surface area contributed by atoms with Crippen LogP contribution in [0.1, 0.15) is 44.2 Å². The number of benzene rings is 1. The number of carbonyl (C=O) groups excluding carboxylic acids is 1. The van der Waals surface area contributed by atoms with Gasteiger partial charge in [-0.15, -0.1) is 12.4 Å². The third kappa shape index (κ3) is 4.75. The monoisotopic (exact) mass is 340 g/mol. The molecule has 0 radical (unpaired) electrons. The molecule has 1 aromatic rings. The number of hydrogen-bond acceptors (Lipinski definition) is 4. The second-order valence-electron chi connectivity index (χ2n) is 6.30. The number of nitrogens with one attached hydrogen (secondary N) is 1. The number of carbonyl (C=O) groups is 1. The van der Waals surface area contributed by atoms with E-state index in [-0.39, 0.29) is 30.4 Å². The summed E-state index contributed by atoms with van der Waals surface area (Å²) in [5.41, 5.74) is 6.82. The minimum atomic E-state index is 0. The predicted octanol–water partition coefficient (Wildman–Crippen LogP) is 2.57. The van der Waals surface area contributed by atoms with E-state index in [1.54, 1.807) is 0 Å². The molecule has 6 heteroatoms. The van der Waals surface area contributed by atoms with Gasteiger partial charge in [-0.1, -0.05) is 6.07 Å². The van der Waals surface area contributed by atoms with E-state index in [2.05, 4.69) is 5.32 Å². The highest BCUT2D eigenvalue weighted by Crippen LogP contribution is 2.43. The number of amides is 1. The molecule has 2 aliphatic rings. The van der Waals surface area contributed by atoms with Crippen LogP contribution >= 0.6 is 12.4 Å². The maximum absolute atomic E-state index is 12.1. The van der Waals surface area contributed by atoms with Gasteiger partial charge in [0.25, 0.3) is 0 Å². The first-order valence-corrected chi connectivity index (χ1v) is 8.08. The highest BCUT2D eigenvalue weighted by Gasteiger charge is 2.34. The Kier molecular flexibility index (Phi) is 6.13. The van der Waals surface area contributed by atoms with Crippen molar-refractivity contribution < 1.29 is 14.3 Å². The summed E-state index contributed by atoms with van der Waals surface area (Å²) in [5, 5.41) is 3.17. The number of hydrogen-bond donors (Lipinski definition) is 2. The number of rotatable bonds is 6. The van der Waals surface area contributed by atoms with Crippen molar-refractivity contribution in [1.29, 1.82) is 0 Å². The summed E-state index contributed by atoms with van der Waals surface area (Å²) in [6, 6.07) is 6.09. The summed E-state index contributed by atoms with van der Waals surface area (Å²) >= 11 is 0. The SMILES string of the molecule is CC(N)CCC(=O)NC(c1ccc2c(c1)OCCO2)C1CC1.Cl. The summed E-state index contributed by atoms with van der Waals surface area (Å²) < 4.78 is 11.2. The van der Waals surface area contributed by atoms with Gasteiger partial charge in [0.05, 0.1) is 6.04 Å². The molecule has 3 rings (SSSR count). The first-order chi connectivity index (χ1) is 10.6. The molecule has 1 aromatic carbocycles. The van der Waals surface area contributed by atoms with Gasteiger partial charge >= 0.3 is 0 Å². The van der Waals surface area contributed by atoms with E-state index in [0.717, 1.165) is 29.9 Å². The lowest BCUT2D eigenvalue weighted by Crippen LogP contribution is -2.31. The summed E-state index contributed by atoms with van der Waals surface area (Å²) in [5.74, 6) is 2.16. The van der Waals surface area contributed by atoms with Gasteiger partial charge < -0.3 is 20.5 Å². The lowest BCUT2D eigenvalue weighted by atomic mass is 10.0. The van der Waals surface area contributed by atoms with Crippen molar-refractivity contribution in [2.24, 2.45) is 11.7 Å². The number of nitrogens with two attached hydrogens (primary N) is 1. The summed E-state index contributed by atoms with van der Waals surface area (Å²) in [6.45, 7) is 3.09. The molecule has 0 bridgehead atoms. The van der Waals surface area contributed by atoms with Crippen LogP contribution in [0.4, 0.5) is 0 Å². The molecular formula is C17H25ClN2O3. The van der Waals surface area contributed by atoms with Gasteiger partial charge in [-0.25, -0.2) is 0 Å². The van der Waals surface area contributed by atoms with Gasteiger partial charge in [-0.3, -0.25) is 4.79 Å². The fourth-order valence-electron chi connectivity index (χ4n) is 2.76. The fourth-order valence-corrected chi connectivity index (χ4v) is 2.76. The van der Waals surface area contributed by atoms with Crippen molar-refractivity contribution in [3.05, 3.63) is 23.8 Å². The third-order valence-corrected chi connectivity index (χ3v) is 4.16. The van der Waals surface area contributed by atoms with E-state index in [4.69, 9.17) is 15.2 Å². The van der Waals surface area contributed by atoms with Gasteiger partial charge in [-0.05, 0) is 49.8 Å². The molecule has 1 aliphatic carbocycles. The van der Waals surface area contributed by atoms with Crippen LogP contribution in [0, 0.1) is 5.92 Å². The molecule has 23 heavy (non-hydrogen) atoms. The van der Waals surface area contributed by atoms with Crippen LogP contribution in [0.2, 0.25) is 0 Å². The smallest absolute Gasteiger partial charge is 0.220 e. The van der Waals surface area contributed by atoms with Gasteiger partial charge in [-0.2, -0.15) is 0 Å². The van der Waals surface area contributed by atoms with Crippen molar-refractivity contribution in [2.45, 2.75) is 44.7 Å². The molecule has 128 valence electrons. The molecule has 1 heterocycles. The van der Waals surface area contributed by atoms with Crippen molar-refractivity contribution >= 4 is 18.3 Å². The predicted molar refractivity (Wildman–Crippen MR) is 91.2 cm³/mol. The van der Waals surface area contributed by atoms with Gasteiger partial charge in [0, 0.05) is 12.5 Å². The molecule has 5 nitrogen and oxygen atoms in total. The van der Waals surface area contributed by atoms with Crippen LogP contribution in [0.15, 0.2) is 18.2 Å². The van der Waals surface area contributed by atoms with Crippen molar-refractivity contribution in [3.63, 3.8) is 0 Å². The highest BCUT2D eigenvalue weighted by molar-refractivity contribution is 5.85. The van der Waals surface area contributed by atoms with E-state index in [0.29, 0.717) is 32.0 Å². The minimum Gasteiger partial charge on any atom is -0.486 e. The standard InChI is InChI=1S/C17H24N2O3.ClH/c1-11(18)2-7-16(20)19-17(12-3-4-12)13-5-6-14-15(10-13)22-9-8-21-14;/h5-6,10-12,17H,2-4,7-9,18H2,1H3,(H,19,20);1H. The molecule has 1 fully saturated rings. The van der Waals surface area contributed by atoms with Crippen LogP contribution in [-0.2, 0) is 4.79 Å². The van der Waals surface area contributed by atoms with Crippen LogP contribution < -0.4 is 20.5 Å². The molecule has 0 saturated heterocycles. The van der Waals surface area contributed by atoms with Gasteiger partial charge in [0.1, 0.15) is 13.2 Å². The van der Waals surface area contributed by atoms with E-state index in [1.165, 1.54) is 0 Å². The average Bonchev–Trinajstić information content (AvgIpc) is 3.35. The number of halogens is 1. The maximum atomic E-state index is 12.1. The van der Waals surface area contributed by atoms with Crippen LogP contribution in [0.3, 0.4) is 0 Å². The minimum absolute atomic E-state index is 0. The molecule has 2 unspecified atom stereocenters. The molecular weight excluding hydrogens is 316 g/mol. The zero-order chi connectivity index (χ0) is 15.5. The number of fused-ring (bicyclic) bond motifs is 1. The third-order valence-electron chi connectivity index (χ3n) is 4.16. The molecule has 1 aliphatic heterocycles. The first-order valence-electron chi connectivity index (χ1n) is 8.08. The first kappa shape index (κ1) is 17.9. The normalized spacial score (nSPS) is 18.5. The Morgan fingerprint density at radius 3 is 2.65 bits per heavy atom. The molecule has 0 aromatic heterocycles. The topological polar surface area (TPSA) is 73.6 Å². The fraction of sp³-hybridized carbons (Fsp3) is 0.588. The average molecular weight is 341 g/mol. The Balaban J connectivity index is 0.00000192. The van der Waals surface area contributed by atoms with E-state index < -0.39 is 0 Å². The molecule has 1 amide bonds. The Morgan fingerprint density at radius 1 is 1.30 bits per heavy atom. The lowest BCUT2D eigenvalue weighted by Gasteiger charge is -2.23. The highest BCUT2D eigenvalue weighted by atomic mass is 35.5. The number of ether oxygens (including phenoxy) is 2. The van der Waals surface area contributed by atoms with E-state index in [1.807, 2.05) is 25.1 Å². The Bertz CT molecular complexity index is 547. The Labute approximate surface area is 143 Å². The largest absolute Gasteiger partial charge is 0.486 e. The lowest BCUT2D eigenvalue weighted by molar-refractivity contribution is -0.122. The summed E-state index contributed by atoms with van der Waals surface area (Å²) in [4.78, 5) is 12.1. The summed E-state index contributed by atoms with van der Waals surface area (Å²) in [7, 11) is 0.